The van der Waals surface area contributed by atoms with E-state index in [1.807, 2.05) is 24.3 Å². The molecule has 0 spiro atoms. The molecule has 0 atom stereocenters. The second-order valence-electron chi connectivity index (χ2n) is 3.70. The third-order valence-electron chi connectivity index (χ3n) is 2.46. The van der Waals surface area contributed by atoms with Crippen molar-refractivity contribution in [3.63, 3.8) is 0 Å². The molecule has 2 rings (SSSR count). The molecule has 2 nitrogen and oxygen atoms in total. The third kappa shape index (κ3) is 1.66. The Morgan fingerprint density at radius 2 is 1.60 bits per heavy atom. The summed E-state index contributed by atoms with van der Waals surface area (Å²) in [6.07, 6.45) is 0. The summed E-state index contributed by atoms with van der Waals surface area (Å²) in [6.45, 7) is 4.11. The smallest absolute Gasteiger partial charge is 0.131 e. The molecule has 15 heavy (non-hydrogen) atoms. The Balaban J connectivity index is 2.84. The molecule has 2 N–H and O–H groups in total. The first-order valence-corrected chi connectivity index (χ1v) is 6.96. The van der Waals surface area contributed by atoms with Crippen molar-refractivity contribution in [2.24, 2.45) is 0 Å². The fraction of sp³-hybridized carbons (Fsp3) is 0.167. The second kappa shape index (κ2) is 3.71. The van der Waals surface area contributed by atoms with Gasteiger partial charge in [-0.15, -0.1) is 0 Å². The minimum absolute atomic E-state index is 0.245. The lowest BCUT2D eigenvalue weighted by molar-refractivity contribution is 0.473. The van der Waals surface area contributed by atoms with Gasteiger partial charge in [-0.05, 0) is 19.4 Å². The lowest BCUT2D eigenvalue weighted by atomic mass is 10.1. The Labute approximate surface area is 89.9 Å². The summed E-state index contributed by atoms with van der Waals surface area (Å²) in [7, 11) is -0.416. The molecular weight excluding hydrogens is 207 g/mol. The van der Waals surface area contributed by atoms with Crippen LogP contribution in [0.3, 0.4) is 0 Å². The van der Waals surface area contributed by atoms with E-state index in [0.717, 1.165) is 10.7 Å². The van der Waals surface area contributed by atoms with Crippen LogP contribution in [-0.2, 0) is 0 Å². The molecule has 0 aliphatic carbocycles. The summed E-state index contributed by atoms with van der Waals surface area (Å²) in [6, 6.07) is 9.01. The molecule has 0 amide bonds. The highest BCUT2D eigenvalue weighted by Crippen LogP contribution is 2.37. The van der Waals surface area contributed by atoms with E-state index >= 15 is 0 Å². The molecule has 0 aromatic heterocycles. The van der Waals surface area contributed by atoms with Crippen LogP contribution < -0.4 is 5.30 Å². The quantitative estimate of drug-likeness (QED) is 0.573. The van der Waals surface area contributed by atoms with Crippen molar-refractivity contribution in [2.75, 3.05) is 13.3 Å². The van der Waals surface area contributed by atoms with E-state index in [4.69, 9.17) is 0 Å². The van der Waals surface area contributed by atoms with E-state index in [1.54, 1.807) is 6.07 Å². The molecule has 0 heterocycles. The molecule has 3 heteroatoms. The fourth-order valence-corrected chi connectivity index (χ4v) is 2.59. The molecule has 2 aromatic rings. The van der Waals surface area contributed by atoms with E-state index in [1.165, 1.54) is 0 Å². The Kier molecular flexibility index (Phi) is 2.54. The molecule has 0 aliphatic heterocycles. The highest BCUT2D eigenvalue weighted by Gasteiger charge is 2.12. The van der Waals surface area contributed by atoms with Gasteiger partial charge in [0.2, 0.25) is 0 Å². The van der Waals surface area contributed by atoms with Gasteiger partial charge in [0.25, 0.3) is 0 Å². The summed E-state index contributed by atoms with van der Waals surface area (Å²) >= 11 is 0. The van der Waals surface area contributed by atoms with Crippen molar-refractivity contribution in [3.05, 3.63) is 30.3 Å². The zero-order valence-corrected chi connectivity index (χ0v) is 9.62. The van der Waals surface area contributed by atoms with Crippen LogP contribution in [0.2, 0.25) is 0 Å². The van der Waals surface area contributed by atoms with Crippen LogP contribution in [0.25, 0.3) is 10.8 Å². The second-order valence-corrected chi connectivity index (χ2v) is 5.97. The Bertz CT molecular complexity index is 506. The van der Waals surface area contributed by atoms with Crippen molar-refractivity contribution in [1.82, 2.24) is 0 Å². The maximum atomic E-state index is 10.0. The average Bonchev–Trinajstić information content (AvgIpc) is 2.23. The standard InChI is InChI=1S/C12H13O2P/c1-15(2)11-7-10(13)8-5-3-4-6-9(8)12(11)14/h3-7,13-14H,1-2H3. The van der Waals surface area contributed by atoms with E-state index in [0.29, 0.717) is 11.1 Å². The summed E-state index contributed by atoms with van der Waals surface area (Å²) in [5.41, 5.74) is 0. The number of benzene rings is 2. The minimum atomic E-state index is -0.416. The van der Waals surface area contributed by atoms with Crippen molar-refractivity contribution in [2.45, 2.75) is 0 Å². The SMILES string of the molecule is CP(C)c1cc(O)c2ccccc2c1O. The average molecular weight is 220 g/mol. The fourth-order valence-electron chi connectivity index (χ4n) is 1.67. The van der Waals surface area contributed by atoms with E-state index in [-0.39, 0.29) is 5.75 Å². The van der Waals surface area contributed by atoms with Crippen molar-refractivity contribution >= 4 is 24.0 Å². The van der Waals surface area contributed by atoms with Crippen LogP contribution in [0, 0.1) is 0 Å². The van der Waals surface area contributed by atoms with E-state index in [2.05, 4.69) is 13.3 Å². The van der Waals surface area contributed by atoms with Crippen LogP contribution in [0.4, 0.5) is 0 Å². The van der Waals surface area contributed by atoms with Crippen LogP contribution in [0.15, 0.2) is 30.3 Å². The molecule has 0 radical (unpaired) electrons. The number of phenols is 2. The largest absolute Gasteiger partial charge is 0.507 e. The molecule has 0 unspecified atom stereocenters. The third-order valence-corrected chi connectivity index (χ3v) is 3.76. The Morgan fingerprint density at radius 3 is 2.20 bits per heavy atom. The number of fused-ring (bicyclic) bond motifs is 1. The molecule has 0 bridgehead atoms. The van der Waals surface area contributed by atoms with E-state index in [9.17, 15) is 10.2 Å². The summed E-state index contributed by atoms with van der Waals surface area (Å²) < 4.78 is 0. The number of hydrogen-bond donors (Lipinski definition) is 2. The monoisotopic (exact) mass is 220 g/mol. The first kappa shape index (κ1) is 10.3. The van der Waals surface area contributed by atoms with Gasteiger partial charge in [0.1, 0.15) is 11.5 Å². The summed E-state index contributed by atoms with van der Waals surface area (Å²) in [4.78, 5) is 0. The lowest BCUT2D eigenvalue weighted by Gasteiger charge is -2.12. The number of phenolic OH excluding ortho intramolecular Hbond substituents is 2. The predicted octanol–water partition coefficient (Wildman–Crippen LogP) is 2.62. The molecule has 2 aromatic carbocycles. The Hall–Kier alpha value is -1.27. The number of rotatable bonds is 1. The topological polar surface area (TPSA) is 40.5 Å². The van der Waals surface area contributed by atoms with Gasteiger partial charge >= 0.3 is 0 Å². The Morgan fingerprint density at radius 1 is 1.00 bits per heavy atom. The van der Waals surface area contributed by atoms with Gasteiger partial charge in [0.15, 0.2) is 0 Å². The highest BCUT2D eigenvalue weighted by molar-refractivity contribution is 7.64. The van der Waals surface area contributed by atoms with Gasteiger partial charge < -0.3 is 10.2 Å². The first-order valence-electron chi connectivity index (χ1n) is 4.72. The normalized spacial score (nSPS) is 11.1. The van der Waals surface area contributed by atoms with Crippen LogP contribution in [0.1, 0.15) is 0 Å². The van der Waals surface area contributed by atoms with Gasteiger partial charge in [-0.25, -0.2) is 0 Å². The molecule has 0 fully saturated rings. The van der Waals surface area contributed by atoms with Gasteiger partial charge in [0.05, 0.1) is 0 Å². The molecule has 0 aliphatic rings. The summed E-state index contributed by atoms with van der Waals surface area (Å²) in [5.74, 6) is 0.550. The maximum absolute atomic E-state index is 10.0. The first-order chi connectivity index (χ1) is 7.11. The summed E-state index contributed by atoms with van der Waals surface area (Å²) in [5, 5.41) is 22.2. The minimum Gasteiger partial charge on any atom is -0.507 e. The van der Waals surface area contributed by atoms with Gasteiger partial charge in [0, 0.05) is 16.1 Å². The molecule has 78 valence electrons. The van der Waals surface area contributed by atoms with Crippen molar-refractivity contribution < 1.29 is 10.2 Å². The molecule has 0 saturated heterocycles. The van der Waals surface area contributed by atoms with E-state index < -0.39 is 7.92 Å². The maximum Gasteiger partial charge on any atom is 0.131 e. The van der Waals surface area contributed by atoms with Crippen molar-refractivity contribution in [3.8, 4) is 11.5 Å². The number of hydrogen-bond acceptors (Lipinski definition) is 2. The van der Waals surface area contributed by atoms with Crippen LogP contribution in [0.5, 0.6) is 11.5 Å². The van der Waals surface area contributed by atoms with Gasteiger partial charge in [-0.2, -0.15) is 0 Å². The number of aromatic hydroxyl groups is 2. The van der Waals surface area contributed by atoms with Gasteiger partial charge in [-0.3, -0.25) is 0 Å². The zero-order chi connectivity index (χ0) is 11.0. The van der Waals surface area contributed by atoms with Gasteiger partial charge in [-0.1, -0.05) is 32.2 Å². The van der Waals surface area contributed by atoms with Crippen molar-refractivity contribution in [1.29, 1.82) is 0 Å². The van der Waals surface area contributed by atoms with Crippen LogP contribution >= 0.6 is 7.92 Å². The molecule has 0 saturated carbocycles. The molecular formula is C12H13O2P. The zero-order valence-electron chi connectivity index (χ0n) is 8.73. The highest BCUT2D eigenvalue weighted by atomic mass is 31.1. The van der Waals surface area contributed by atoms with Crippen LogP contribution in [-0.4, -0.2) is 23.5 Å². The predicted molar refractivity (Wildman–Crippen MR) is 65.7 cm³/mol. The lowest BCUT2D eigenvalue weighted by Crippen LogP contribution is -2.00.